The second-order valence-corrected chi connectivity index (χ2v) is 5.05. The fourth-order valence-corrected chi connectivity index (χ4v) is 2.07. The van der Waals surface area contributed by atoms with E-state index in [1.807, 2.05) is 6.92 Å². The minimum Gasteiger partial charge on any atom is -0.469 e. The van der Waals surface area contributed by atoms with Crippen molar-refractivity contribution in [3.05, 3.63) is 0 Å². The van der Waals surface area contributed by atoms with E-state index < -0.39 is 0 Å². The van der Waals surface area contributed by atoms with Gasteiger partial charge in [-0.05, 0) is 31.6 Å². The molecular formula is C12H21NO2. The molecule has 1 unspecified atom stereocenters. The first-order chi connectivity index (χ1) is 7.20. The van der Waals surface area contributed by atoms with Crippen LogP contribution in [0.1, 0.15) is 32.6 Å². The second-order valence-electron chi connectivity index (χ2n) is 5.05. The molecule has 2 aliphatic rings. The third-order valence-electron chi connectivity index (χ3n) is 3.36. The van der Waals surface area contributed by atoms with Gasteiger partial charge in [0.15, 0.2) is 0 Å². The first-order valence-corrected chi connectivity index (χ1v) is 6.02. The number of carbonyl (C=O) groups is 1. The molecule has 0 bridgehead atoms. The van der Waals surface area contributed by atoms with Crippen LogP contribution in [0.3, 0.4) is 0 Å². The highest BCUT2D eigenvalue weighted by molar-refractivity contribution is 5.72. The number of hydrogen-bond acceptors (Lipinski definition) is 3. The Balaban J connectivity index is 1.79. The molecule has 0 saturated heterocycles. The monoisotopic (exact) mass is 211 g/mol. The van der Waals surface area contributed by atoms with Crippen molar-refractivity contribution in [3.63, 3.8) is 0 Å². The van der Waals surface area contributed by atoms with Crippen LogP contribution < -0.4 is 0 Å². The van der Waals surface area contributed by atoms with Gasteiger partial charge in [0.2, 0.25) is 0 Å². The van der Waals surface area contributed by atoms with Gasteiger partial charge in [-0.3, -0.25) is 9.69 Å². The quantitative estimate of drug-likeness (QED) is 0.626. The number of nitrogens with zero attached hydrogens (tertiary/aromatic N) is 1. The Morgan fingerprint density at radius 3 is 2.53 bits per heavy atom. The van der Waals surface area contributed by atoms with Crippen LogP contribution in [0.2, 0.25) is 0 Å². The smallest absolute Gasteiger partial charge is 0.309 e. The molecule has 86 valence electrons. The van der Waals surface area contributed by atoms with Crippen LogP contribution >= 0.6 is 0 Å². The summed E-state index contributed by atoms with van der Waals surface area (Å²) < 4.78 is 4.77. The third-order valence-corrected chi connectivity index (χ3v) is 3.36. The van der Waals surface area contributed by atoms with Crippen LogP contribution in [0.25, 0.3) is 0 Å². The van der Waals surface area contributed by atoms with Gasteiger partial charge < -0.3 is 4.74 Å². The molecule has 2 fully saturated rings. The Bertz CT molecular complexity index is 234. The summed E-state index contributed by atoms with van der Waals surface area (Å²) in [6.07, 6.45) is 5.41. The average molecular weight is 211 g/mol. The Kier molecular flexibility index (Phi) is 3.29. The Morgan fingerprint density at radius 1 is 1.40 bits per heavy atom. The zero-order valence-electron chi connectivity index (χ0n) is 9.74. The lowest BCUT2D eigenvalue weighted by Gasteiger charge is -2.24. The van der Waals surface area contributed by atoms with E-state index in [-0.39, 0.29) is 11.9 Å². The normalized spacial score (nSPS) is 22.9. The lowest BCUT2D eigenvalue weighted by atomic mass is 10.1. The molecule has 0 heterocycles. The van der Waals surface area contributed by atoms with Gasteiger partial charge in [0.05, 0.1) is 13.0 Å². The molecule has 0 radical (unpaired) electrons. The lowest BCUT2D eigenvalue weighted by Crippen LogP contribution is -2.35. The standard InChI is InChI=1S/C12H21NO2/c1-9(12(14)15-2)7-13(11-5-6-11)8-10-3-4-10/h9-11H,3-8H2,1-2H3. The van der Waals surface area contributed by atoms with Crippen molar-refractivity contribution in [1.29, 1.82) is 0 Å². The molecule has 0 N–H and O–H groups in total. The predicted octanol–water partition coefficient (Wildman–Crippen LogP) is 1.67. The number of esters is 1. The van der Waals surface area contributed by atoms with E-state index in [1.54, 1.807) is 0 Å². The van der Waals surface area contributed by atoms with Crippen molar-refractivity contribution in [2.75, 3.05) is 20.2 Å². The number of hydrogen-bond donors (Lipinski definition) is 0. The summed E-state index contributed by atoms with van der Waals surface area (Å²) in [6, 6.07) is 0.762. The van der Waals surface area contributed by atoms with Crippen molar-refractivity contribution in [2.24, 2.45) is 11.8 Å². The highest BCUT2D eigenvalue weighted by atomic mass is 16.5. The van der Waals surface area contributed by atoms with Crippen molar-refractivity contribution >= 4 is 5.97 Å². The summed E-state index contributed by atoms with van der Waals surface area (Å²) in [4.78, 5) is 13.8. The first-order valence-electron chi connectivity index (χ1n) is 6.02. The van der Waals surface area contributed by atoms with Gasteiger partial charge in [-0.25, -0.2) is 0 Å². The summed E-state index contributed by atoms with van der Waals surface area (Å²) in [5.74, 6) is 0.862. The molecule has 2 saturated carbocycles. The number of rotatable bonds is 6. The van der Waals surface area contributed by atoms with E-state index >= 15 is 0 Å². The predicted molar refractivity (Wildman–Crippen MR) is 58.5 cm³/mol. The Labute approximate surface area is 91.8 Å². The van der Waals surface area contributed by atoms with Gasteiger partial charge in [0.25, 0.3) is 0 Å². The van der Waals surface area contributed by atoms with Gasteiger partial charge in [-0.2, -0.15) is 0 Å². The van der Waals surface area contributed by atoms with Gasteiger partial charge >= 0.3 is 5.97 Å². The van der Waals surface area contributed by atoms with E-state index in [2.05, 4.69) is 4.90 Å². The molecule has 0 aromatic rings. The molecular weight excluding hydrogens is 190 g/mol. The van der Waals surface area contributed by atoms with E-state index in [9.17, 15) is 4.79 Å². The minimum absolute atomic E-state index is 0.0225. The van der Waals surface area contributed by atoms with Crippen LogP contribution in [-0.2, 0) is 9.53 Å². The van der Waals surface area contributed by atoms with Gasteiger partial charge in [0.1, 0.15) is 0 Å². The molecule has 0 spiro atoms. The van der Waals surface area contributed by atoms with Crippen LogP contribution in [0, 0.1) is 11.8 Å². The molecule has 0 amide bonds. The maximum atomic E-state index is 11.3. The van der Waals surface area contributed by atoms with Gasteiger partial charge in [-0.1, -0.05) is 6.92 Å². The zero-order chi connectivity index (χ0) is 10.8. The number of methoxy groups -OCH3 is 1. The van der Waals surface area contributed by atoms with Crippen molar-refractivity contribution < 1.29 is 9.53 Å². The maximum absolute atomic E-state index is 11.3. The van der Waals surface area contributed by atoms with Gasteiger partial charge in [0, 0.05) is 19.1 Å². The lowest BCUT2D eigenvalue weighted by molar-refractivity contribution is -0.145. The molecule has 3 nitrogen and oxygen atoms in total. The van der Waals surface area contributed by atoms with E-state index in [0.29, 0.717) is 0 Å². The van der Waals surface area contributed by atoms with Gasteiger partial charge in [-0.15, -0.1) is 0 Å². The van der Waals surface area contributed by atoms with Crippen molar-refractivity contribution in [3.8, 4) is 0 Å². The molecule has 2 aliphatic carbocycles. The molecule has 0 aromatic heterocycles. The summed E-state index contributed by atoms with van der Waals surface area (Å²) in [7, 11) is 1.47. The highest BCUT2D eigenvalue weighted by Crippen LogP contribution is 2.35. The zero-order valence-corrected chi connectivity index (χ0v) is 9.74. The molecule has 1 atom stereocenters. The Morgan fingerprint density at radius 2 is 2.07 bits per heavy atom. The SMILES string of the molecule is COC(=O)C(C)CN(CC1CC1)C1CC1. The van der Waals surface area contributed by atoms with E-state index in [1.165, 1.54) is 39.3 Å². The number of carbonyl (C=O) groups excluding carboxylic acids is 1. The molecule has 15 heavy (non-hydrogen) atoms. The molecule has 2 rings (SSSR count). The maximum Gasteiger partial charge on any atom is 0.309 e. The topological polar surface area (TPSA) is 29.5 Å². The molecule has 3 heteroatoms. The van der Waals surface area contributed by atoms with Crippen molar-refractivity contribution in [2.45, 2.75) is 38.6 Å². The fourth-order valence-electron chi connectivity index (χ4n) is 2.07. The van der Waals surface area contributed by atoms with Crippen LogP contribution in [0.4, 0.5) is 0 Å². The summed E-state index contributed by atoms with van der Waals surface area (Å²) >= 11 is 0. The Hall–Kier alpha value is -0.570. The van der Waals surface area contributed by atoms with Crippen LogP contribution in [0.5, 0.6) is 0 Å². The summed E-state index contributed by atoms with van der Waals surface area (Å²) in [6.45, 7) is 4.05. The average Bonchev–Trinajstić information content (AvgIpc) is 3.05. The minimum atomic E-state index is -0.0727. The summed E-state index contributed by atoms with van der Waals surface area (Å²) in [5, 5.41) is 0. The molecule has 0 aromatic carbocycles. The van der Waals surface area contributed by atoms with Crippen molar-refractivity contribution in [1.82, 2.24) is 4.90 Å². The van der Waals surface area contributed by atoms with Crippen LogP contribution in [-0.4, -0.2) is 37.1 Å². The fraction of sp³-hybridized carbons (Fsp3) is 0.917. The van der Waals surface area contributed by atoms with E-state index in [4.69, 9.17) is 4.74 Å². The second kappa shape index (κ2) is 4.52. The van der Waals surface area contributed by atoms with E-state index in [0.717, 1.165) is 18.5 Å². The summed E-state index contributed by atoms with van der Waals surface area (Å²) in [5.41, 5.74) is 0. The highest BCUT2D eigenvalue weighted by Gasteiger charge is 2.35. The number of ether oxygens (including phenoxy) is 1. The third kappa shape index (κ3) is 3.20. The first kappa shape index (κ1) is 10.9. The largest absolute Gasteiger partial charge is 0.469 e. The molecule has 0 aliphatic heterocycles. The van der Waals surface area contributed by atoms with Crippen LogP contribution in [0.15, 0.2) is 0 Å².